The van der Waals surface area contributed by atoms with E-state index in [-0.39, 0.29) is 10.6 Å². The Morgan fingerprint density at radius 3 is 2.65 bits per heavy atom. The first-order chi connectivity index (χ1) is 11.1. The van der Waals surface area contributed by atoms with Crippen LogP contribution in [0.4, 0.5) is 11.4 Å². The summed E-state index contributed by atoms with van der Waals surface area (Å²) in [4.78, 5) is 17.3. The second kappa shape index (κ2) is 6.50. The number of anilines is 1. The van der Waals surface area contributed by atoms with Gasteiger partial charge in [-0.3, -0.25) is 15.1 Å². The maximum Gasteiger partial charge on any atom is 0.278 e. The van der Waals surface area contributed by atoms with Crippen LogP contribution in [0.1, 0.15) is 26.7 Å². The summed E-state index contributed by atoms with van der Waals surface area (Å²) in [7, 11) is 0. The lowest BCUT2D eigenvalue weighted by Gasteiger charge is -2.35. The smallest absolute Gasteiger partial charge is 0.278 e. The van der Waals surface area contributed by atoms with Crippen LogP contribution < -0.4 is 5.32 Å². The number of hydrogen-bond donors (Lipinski definition) is 1. The van der Waals surface area contributed by atoms with Gasteiger partial charge in [0.1, 0.15) is 0 Å². The quantitative estimate of drug-likeness (QED) is 0.691. The molecule has 1 aromatic carbocycles. The van der Waals surface area contributed by atoms with E-state index in [0.29, 0.717) is 17.5 Å². The Balaban J connectivity index is 1.82. The molecule has 1 aliphatic rings. The molecule has 6 nitrogen and oxygen atoms in total. The molecule has 2 heterocycles. The topological polar surface area (TPSA) is 71.3 Å². The Kier molecular flexibility index (Phi) is 4.43. The monoisotopic (exact) mass is 314 g/mol. The lowest BCUT2D eigenvalue weighted by atomic mass is 10.0. The molecule has 1 aromatic heterocycles. The molecule has 0 spiro atoms. The number of pyridine rings is 1. The summed E-state index contributed by atoms with van der Waals surface area (Å²) in [5.41, 5.74) is 1.06. The van der Waals surface area contributed by atoms with Crippen molar-refractivity contribution < 1.29 is 4.92 Å². The van der Waals surface area contributed by atoms with Gasteiger partial charge in [-0.05, 0) is 38.8 Å². The number of nitro benzene ring substituents is 1. The van der Waals surface area contributed by atoms with Crippen LogP contribution in [0.2, 0.25) is 0 Å². The molecule has 0 unspecified atom stereocenters. The first kappa shape index (κ1) is 15.7. The first-order valence-corrected chi connectivity index (χ1v) is 8.08. The molecule has 1 aliphatic heterocycles. The highest BCUT2D eigenvalue weighted by molar-refractivity contribution is 5.99. The summed E-state index contributed by atoms with van der Waals surface area (Å²) in [6.45, 7) is 6.62. The minimum atomic E-state index is -0.352. The molecular weight excluding hydrogens is 292 g/mol. The SMILES string of the molecule is CC(C)N1CCC(Nc2ccc([N+](=O)[O-])c3cnccc23)CC1. The van der Waals surface area contributed by atoms with Gasteiger partial charge in [0.25, 0.3) is 5.69 Å². The molecule has 2 aromatic rings. The van der Waals surface area contributed by atoms with Gasteiger partial charge in [-0.2, -0.15) is 0 Å². The molecule has 122 valence electrons. The van der Waals surface area contributed by atoms with Crippen molar-refractivity contribution in [1.29, 1.82) is 0 Å². The summed E-state index contributed by atoms with van der Waals surface area (Å²) in [5.74, 6) is 0. The van der Waals surface area contributed by atoms with Crippen molar-refractivity contribution in [2.75, 3.05) is 18.4 Å². The molecule has 3 rings (SSSR count). The van der Waals surface area contributed by atoms with Crippen molar-refractivity contribution in [2.45, 2.75) is 38.8 Å². The minimum absolute atomic E-state index is 0.105. The zero-order chi connectivity index (χ0) is 16.4. The van der Waals surface area contributed by atoms with Gasteiger partial charge in [0.05, 0.1) is 10.3 Å². The predicted molar refractivity (Wildman–Crippen MR) is 91.8 cm³/mol. The van der Waals surface area contributed by atoms with Crippen LogP contribution in [0.25, 0.3) is 10.8 Å². The number of nitro groups is 1. The van der Waals surface area contributed by atoms with Crippen molar-refractivity contribution >= 4 is 22.1 Å². The second-order valence-electron chi connectivity index (χ2n) is 6.36. The third-order valence-electron chi connectivity index (χ3n) is 4.61. The summed E-state index contributed by atoms with van der Waals surface area (Å²) in [6.07, 6.45) is 5.42. The highest BCUT2D eigenvalue weighted by atomic mass is 16.6. The highest BCUT2D eigenvalue weighted by Crippen LogP contribution is 2.31. The van der Waals surface area contributed by atoms with Crippen LogP contribution in [0.3, 0.4) is 0 Å². The number of benzene rings is 1. The number of piperidine rings is 1. The van der Waals surface area contributed by atoms with Gasteiger partial charge in [-0.1, -0.05) is 0 Å². The molecule has 0 bridgehead atoms. The number of nitrogens with one attached hydrogen (secondary N) is 1. The van der Waals surface area contributed by atoms with Gasteiger partial charge in [-0.25, -0.2) is 0 Å². The molecule has 1 N–H and O–H groups in total. The van der Waals surface area contributed by atoms with E-state index in [9.17, 15) is 10.1 Å². The number of nitrogens with zero attached hydrogens (tertiary/aromatic N) is 3. The van der Waals surface area contributed by atoms with Crippen LogP contribution >= 0.6 is 0 Å². The van der Waals surface area contributed by atoms with Gasteiger partial charge in [-0.15, -0.1) is 0 Å². The third-order valence-corrected chi connectivity index (χ3v) is 4.61. The minimum Gasteiger partial charge on any atom is -0.382 e. The Hall–Kier alpha value is -2.21. The number of aromatic nitrogens is 1. The van der Waals surface area contributed by atoms with Crippen molar-refractivity contribution in [3.05, 3.63) is 40.7 Å². The first-order valence-electron chi connectivity index (χ1n) is 8.08. The summed E-state index contributed by atoms with van der Waals surface area (Å²) in [5, 5.41) is 16.2. The Labute approximate surface area is 135 Å². The normalized spacial score (nSPS) is 16.8. The van der Waals surface area contributed by atoms with Crippen molar-refractivity contribution in [2.24, 2.45) is 0 Å². The maximum absolute atomic E-state index is 11.2. The van der Waals surface area contributed by atoms with E-state index >= 15 is 0 Å². The van der Waals surface area contributed by atoms with E-state index in [2.05, 4.69) is 29.0 Å². The number of non-ortho nitro benzene ring substituents is 1. The van der Waals surface area contributed by atoms with Gasteiger partial charge < -0.3 is 10.2 Å². The van der Waals surface area contributed by atoms with E-state index < -0.39 is 0 Å². The molecular formula is C17H22N4O2. The lowest BCUT2D eigenvalue weighted by Crippen LogP contribution is -2.42. The summed E-state index contributed by atoms with van der Waals surface area (Å²) < 4.78 is 0. The maximum atomic E-state index is 11.2. The van der Waals surface area contributed by atoms with Crippen molar-refractivity contribution in [3.8, 4) is 0 Å². The van der Waals surface area contributed by atoms with Gasteiger partial charge in [0.15, 0.2) is 0 Å². The molecule has 0 amide bonds. The van der Waals surface area contributed by atoms with E-state index in [0.717, 1.165) is 37.0 Å². The molecule has 0 saturated carbocycles. The lowest BCUT2D eigenvalue weighted by molar-refractivity contribution is -0.383. The van der Waals surface area contributed by atoms with Crippen LogP contribution in [0, 0.1) is 10.1 Å². The third kappa shape index (κ3) is 3.27. The van der Waals surface area contributed by atoms with Crippen LogP contribution in [-0.4, -0.2) is 40.0 Å². The summed E-state index contributed by atoms with van der Waals surface area (Å²) >= 11 is 0. The Morgan fingerprint density at radius 2 is 2.00 bits per heavy atom. The van der Waals surface area contributed by atoms with Crippen LogP contribution in [0.5, 0.6) is 0 Å². The van der Waals surface area contributed by atoms with Crippen molar-refractivity contribution in [1.82, 2.24) is 9.88 Å². The highest BCUT2D eigenvalue weighted by Gasteiger charge is 2.22. The Bertz CT molecular complexity index is 709. The van der Waals surface area contributed by atoms with Crippen molar-refractivity contribution in [3.63, 3.8) is 0 Å². The van der Waals surface area contributed by atoms with E-state index in [1.807, 2.05) is 12.1 Å². The number of likely N-dealkylation sites (tertiary alicyclic amines) is 1. The zero-order valence-electron chi connectivity index (χ0n) is 13.5. The van der Waals surface area contributed by atoms with E-state index in [1.54, 1.807) is 18.5 Å². The largest absolute Gasteiger partial charge is 0.382 e. The molecule has 1 fully saturated rings. The summed E-state index contributed by atoms with van der Waals surface area (Å²) in [6, 6.07) is 6.21. The fraction of sp³-hybridized carbons (Fsp3) is 0.471. The fourth-order valence-corrected chi connectivity index (χ4v) is 3.24. The van der Waals surface area contributed by atoms with Crippen LogP contribution in [0.15, 0.2) is 30.6 Å². The fourth-order valence-electron chi connectivity index (χ4n) is 3.24. The van der Waals surface area contributed by atoms with E-state index in [4.69, 9.17) is 0 Å². The average molecular weight is 314 g/mol. The van der Waals surface area contributed by atoms with Crippen LogP contribution in [-0.2, 0) is 0 Å². The Morgan fingerprint density at radius 1 is 1.26 bits per heavy atom. The number of rotatable bonds is 4. The second-order valence-corrected chi connectivity index (χ2v) is 6.36. The number of fused-ring (bicyclic) bond motifs is 1. The molecule has 0 aliphatic carbocycles. The van der Waals surface area contributed by atoms with Gasteiger partial charge in [0.2, 0.25) is 0 Å². The number of hydrogen-bond acceptors (Lipinski definition) is 5. The van der Waals surface area contributed by atoms with Gasteiger partial charge >= 0.3 is 0 Å². The standard InChI is InChI=1S/C17H22N4O2/c1-12(2)20-9-6-13(7-10-20)19-16-3-4-17(21(22)23)15-11-18-8-5-14(15)16/h3-5,8,11-13,19H,6-7,9-10H2,1-2H3. The molecule has 0 atom stereocenters. The zero-order valence-corrected chi connectivity index (χ0v) is 13.5. The average Bonchev–Trinajstić information content (AvgIpc) is 2.55. The van der Waals surface area contributed by atoms with Gasteiger partial charge in [0, 0.05) is 54.7 Å². The molecule has 1 saturated heterocycles. The molecule has 23 heavy (non-hydrogen) atoms. The molecule has 6 heteroatoms. The molecule has 0 radical (unpaired) electrons. The van der Waals surface area contributed by atoms with E-state index in [1.165, 1.54) is 0 Å². The predicted octanol–water partition coefficient (Wildman–Crippen LogP) is 3.43.